The molecule has 0 radical (unpaired) electrons. The van der Waals surface area contributed by atoms with E-state index in [1.54, 1.807) is 0 Å². The molecule has 0 aliphatic rings. The van der Waals surface area contributed by atoms with Crippen LogP contribution < -0.4 is 9.44 Å². The van der Waals surface area contributed by atoms with Crippen LogP contribution in [0.3, 0.4) is 0 Å². The Hall–Kier alpha value is -0.210. The molecule has 0 heterocycles. The Morgan fingerprint density at radius 1 is 1.00 bits per heavy atom. The number of hydrogen-bond acceptors (Lipinski definition) is 4. The summed E-state index contributed by atoms with van der Waals surface area (Å²) in [7, 11) is -0.373. The van der Waals surface area contributed by atoms with E-state index >= 15 is 0 Å². The molecule has 0 unspecified atom stereocenters. The fourth-order valence-electron chi connectivity index (χ4n) is 0.607. The predicted molar refractivity (Wildman–Crippen MR) is 48.7 cm³/mol. The minimum absolute atomic E-state index is 0.263. The van der Waals surface area contributed by atoms with Gasteiger partial charge in [0, 0.05) is 27.3 Å². The van der Waals surface area contributed by atoms with Gasteiger partial charge in [0.05, 0.1) is 13.2 Å². The Kier molecular flexibility index (Phi) is 7.10. The summed E-state index contributed by atoms with van der Waals surface area (Å²) in [6.45, 7) is 1.23. The smallest absolute Gasteiger partial charge is 0.277 e. The van der Waals surface area contributed by atoms with Crippen LogP contribution >= 0.6 is 0 Å². The standard InChI is InChI=1S/C6H16N2O4S/c1-11-5-3-7-13(9,10)8-4-6-12-2/h7-8H,3-6H2,1-2H3. The van der Waals surface area contributed by atoms with E-state index in [0.717, 1.165) is 0 Å². The summed E-state index contributed by atoms with van der Waals surface area (Å²) in [6.07, 6.45) is 0. The zero-order chi connectivity index (χ0) is 10.2. The minimum atomic E-state index is -3.39. The van der Waals surface area contributed by atoms with Crippen LogP contribution in [-0.2, 0) is 19.7 Å². The van der Waals surface area contributed by atoms with E-state index in [4.69, 9.17) is 0 Å². The van der Waals surface area contributed by atoms with Gasteiger partial charge in [0.15, 0.2) is 0 Å². The lowest BCUT2D eigenvalue weighted by molar-refractivity contribution is 0.202. The van der Waals surface area contributed by atoms with Crippen LogP contribution in [0.15, 0.2) is 0 Å². The molecule has 0 atom stereocenters. The van der Waals surface area contributed by atoms with E-state index in [-0.39, 0.29) is 13.1 Å². The molecule has 0 bridgehead atoms. The third-order valence-corrected chi connectivity index (χ3v) is 2.36. The molecule has 0 aromatic rings. The fraction of sp³-hybridized carbons (Fsp3) is 1.00. The third kappa shape index (κ3) is 8.13. The monoisotopic (exact) mass is 212 g/mol. The summed E-state index contributed by atoms with van der Waals surface area (Å²) in [4.78, 5) is 0. The van der Waals surface area contributed by atoms with Gasteiger partial charge in [0.2, 0.25) is 0 Å². The molecule has 0 fully saturated rings. The Morgan fingerprint density at radius 3 is 1.69 bits per heavy atom. The first-order valence-electron chi connectivity index (χ1n) is 3.84. The second kappa shape index (κ2) is 7.22. The molecular weight excluding hydrogens is 196 g/mol. The lowest BCUT2D eigenvalue weighted by Gasteiger charge is -2.06. The van der Waals surface area contributed by atoms with Crippen molar-refractivity contribution in [3.8, 4) is 0 Å². The maximum absolute atomic E-state index is 11.0. The third-order valence-electron chi connectivity index (χ3n) is 1.20. The molecule has 6 nitrogen and oxygen atoms in total. The molecule has 0 spiro atoms. The van der Waals surface area contributed by atoms with E-state index in [9.17, 15) is 8.42 Å². The zero-order valence-corrected chi connectivity index (χ0v) is 8.69. The minimum Gasteiger partial charge on any atom is -0.383 e. The summed E-state index contributed by atoms with van der Waals surface area (Å²) in [5.74, 6) is 0. The lowest BCUT2D eigenvalue weighted by Crippen LogP contribution is -2.39. The maximum atomic E-state index is 11.0. The van der Waals surface area contributed by atoms with Crippen molar-refractivity contribution in [2.24, 2.45) is 0 Å². The van der Waals surface area contributed by atoms with Gasteiger partial charge in [-0.25, -0.2) is 0 Å². The number of methoxy groups -OCH3 is 2. The van der Waals surface area contributed by atoms with Gasteiger partial charge in [0.25, 0.3) is 10.2 Å². The topological polar surface area (TPSA) is 76.7 Å². The van der Waals surface area contributed by atoms with Gasteiger partial charge in [-0.2, -0.15) is 17.9 Å². The molecule has 0 aromatic heterocycles. The Labute approximate surface area is 78.8 Å². The van der Waals surface area contributed by atoms with Crippen LogP contribution in [0.1, 0.15) is 0 Å². The summed E-state index contributed by atoms with van der Waals surface area (Å²) in [5, 5.41) is 0. The van der Waals surface area contributed by atoms with Crippen LogP contribution in [0.4, 0.5) is 0 Å². The molecule has 0 rings (SSSR count). The van der Waals surface area contributed by atoms with Crippen molar-refractivity contribution in [3.05, 3.63) is 0 Å². The molecule has 80 valence electrons. The lowest BCUT2D eigenvalue weighted by atomic mass is 10.7. The number of rotatable bonds is 8. The van der Waals surface area contributed by atoms with Crippen molar-refractivity contribution in [2.75, 3.05) is 40.5 Å². The number of nitrogens with one attached hydrogen (secondary N) is 2. The first-order valence-corrected chi connectivity index (χ1v) is 5.33. The Morgan fingerprint density at radius 2 is 1.38 bits per heavy atom. The SMILES string of the molecule is COCCNS(=O)(=O)NCCOC. The van der Waals surface area contributed by atoms with Crippen molar-refractivity contribution in [1.29, 1.82) is 0 Å². The Bertz CT molecular complexity index is 189. The van der Waals surface area contributed by atoms with E-state index in [2.05, 4.69) is 18.9 Å². The highest BCUT2D eigenvalue weighted by atomic mass is 32.2. The maximum Gasteiger partial charge on any atom is 0.277 e. The van der Waals surface area contributed by atoms with Gasteiger partial charge in [-0.1, -0.05) is 0 Å². The van der Waals surface area contributed by atoms with E-state index in [1.165, 1.54) is 14.2 Å². The molecule has 0 saturated carbocycles. The van der Waals surface area contributed by atoms with Crippen molar-refractivity contribution in [1.82, 2.24) is 9.44 Å². The number of hydrogen-bond donors (Lipinski definition) is 2. The highest BCUT2D eigenvalue weighted by Gasteiger charge is 2.06. The van der Waals surface area contributed by atoms with Gasteiger partial charge >= 0.3 is 0 Å². The highest BCUT2D eigenvalue weighted by Crippen LogP contribution is 1.76. The van der Waals surface area contributed by atoms with E-state index in [0.29, 0.717) is 13.2 Å². The quantitative estimate of drug-likeness (QED) is 0.490. The average Bonchev–Trinajstić information content (AvgIpc) is 2.05. The molecule has 0 saturated heterocycles. The summed E-state index contributed by atoms with van der Waals surface area (Å²) >= 11 is 0. The van der Waals surface area contributed by atoms with Crippen molar-refractivity contribution in [2.45, 2.75) is 0 Å². The second-order valence-electron chi connectivity index (χ2n) is 2.28. The van der Waals surface area contributed by atoms with E-state index in [1.807, 2.05) is 0 Å². The van der Waals surface area contributed by atoms with Crippen LogP contribution in [0.5, 0.6) is 0 Å². The van der Waals surface area contributed by atoms with Gasteiger partial charge in [-0.3, -0.25) is 0 Å². The van der Waals surface area contributed by atoms with Crippen molar-refractivity contribution in [3.63, 3.8) is 0 Å². The van der Waals surface area contributed by atoms with Crippen molar-refractivity contribution >= 4 is 10.2 Å². The molecule has 0 aromatic carbocycles. The van der Waals surface area contributed by atoms with Crippen LogP contribution in [0.2, 0.25) is 0 Å². The number of ether oxygens (including phenoxy) is 2. The van der Waals surface area contributed by atoms with E-state index < -0.39 is 10.2 Å². The van der Waals surface area contributed by atoms with Crippen LogP contribution in [-0.4, -0.2) is 48.9 Å². The molecule has 0 aliphatic carbocycles. The van der Waals surface area contributed by atoms with Gasteiger partial charge in [-0.05, 0) is 0 Å². The molecule has 0 aliphatic heterocycles. The predicted octanol–water partition coefficient (Wildman–Crippen LogP) is -1.30. The molecule has 2 N–H and O–H groups in total. The van der Waals surface area contributed by atoms with Gasteiger partial charge in [0.1, 0.15) is 0 Å². The molecule has 13 heavy (non-hydrogen) atoms. The summed E-state index contributed by atoms with van der Waals surface area (Å²) in [5.41, 5.74) is 0. The van der Waals surface area contributed by atoms with Gasteiger partial charge < -0.3 is 9.47 Å². The summed E-state index contributed by atoms with van der Waals surface area (Å²) < 4.78 is 36.1. The largest absolute Gasteiger partial charge is 0.383 e. The van der Waals surface area contributed by atoms with Crippen LogP contribution in [0, 0.1) is 0 Å². The highest BCUT2D eigenvalue weighted by molar-refractivity contribution is 7.87. The normalized spacial score (nSPS) is 11.8. The Balaban J connectivity index is 3.55. The fourth-order valence-corrected chi connectivity index (χ4v) is 1.41. The first kappa shape index (κ1) is 12.8. The summed E-state index contributed by atoms with van der Waals surface area (Å²) in [6, 6.07) is 0. The average molecular weight is 212 g/mol. The van der Waals surface area contributed by atoms with Crippen molar-refractivity contribution < 1.29 is 17.9 Å². The van der Waals surface area contributed by atoms with Crippen LogP contribution in [0.25, 0.3) is 0 Å². The molecule has 0 amide bonds. The zero-order valence-electron chi connectivity index (χ0n) is 7.87. The first-order chi connectivity index (χ1) is 6.12. The molecular formula is C6H16N2O4S. The van der Waals surface area contributed by atoms with Gasteiger partial charge in [-0.15, -0.1) is 0 Å². The molecule has 7 heteroatoms. The second-order valence-corrected chi connectivity index (χ2v) is 3.86.